The molecule has 0 aromatic carbocycles. The first kappa shape index (κ1) is 5.10. The number of nitrogens with two attached hydrogens (primary N) is 1. The Bertz CT molecular complexity index is 103. The highest BCUT2D eigenvalue weighted by atomic mass is 14.4. The minimum Gasteiger partial charge on any atom is -0.359 e. The predicted molar refractivity (Wildman–Crippen MR) is 26.8 cm³/mol. The maximum Gasteiger partial charge on any atom is 0.00662 e. The summed E-state index contributed by atoms with van der Waals surface area (Å²) >= 11 is 0. The van der Waals surface area contributed by atoms with Gasteiger partial charge in [-0.3, -0.25) is 0 Å². The summed E-state index contributed by atoms with van der Waals surface area (Å²) < 4.78 is 0. The lowest BCUT2D eigenvalue weighted by Gasteiger charge is -1.69. The van der Waals surface area contributed by atoms with Crippen LogP contribution < -0.4 is 5.73 Å². The molecule has 1 nitrogen and oxygen atoms in total. The zero-order valence-electron chi connectivity index (χ0n) is 3.78. The van der Waals surface area contributed by atoms with Crippen LogP contribution in [0.1, 0.15) is 6.92 Å². The lowest BCUT2D eigenvalue weighted by Crippen LogP contribution is -1.75. The molecule has 0 atom stereocenters. The maximum atomic E-state index is 4.81. The van der Waals surface area contributed by atoms with Gasteiger partial charge in [-0.05, 0) is 18.4 Å². The molecule has 0 saturated carbocycles. The van der Waals surface area contributed by atoms with Gasteiger partial charge in [0.15, 0.2) is 0 Å². The van der Waals surface area contributed by atoms with E-state index in [9.17, 15) is 0 Å². The van der Waals surface area contributed by atoms with Crippen molar-refractivity contribution in [3.8, 4) is 12.0 Å². The Morgan fingerprint density at radius 1 is 1.83 bits per heavy atom. The van der Waals surface area contributed by atoms with Crippen molar-refractivity contribution in [2.24, 2.45) is 5.73 Å². The van der Waals surface area contributed by atoms with Gasteiger partial charge in [0.2, 0.25) is 0 Å². The number of rotatable bonds is 0. The summed E-state index contributed by atoms with van der Waals surface area (Å²) in [5.41, 5.74) is 5.61. The molecule has 0 unspecified atom stereocenters. The predicted octanol–water partition coefficient (Wildman–Crippen LogP) is 0.482. The first-order chi connectivity index (χ1) is 2.77. The molecule has 0 spiro atoms. The Balaban J connectivity index is 3.50. The van der Waals surface area contributed by atoms with E-state index in [0.717, 1.165) is 5.57 Å². The van der Waals surface area contributed by atoms with Crippen LogP contribution in [0.15, 0.2) is 12.2 Å². The summed E-state index contributed by atoms with van der Waals surface area (Å²) in [5, 5.41) is 0. The van der Waals surface area contributed by atoms with Gasteiger partial charge < -0.3 is 5.73 Å². The summed E-state index contributed by atoms with van der Waals surface area (Å²) in [6.07, 6.45) is 0. The number of hydrogen-bond acceptors (Lipinski definition) is 1. The zero-order valence-corrected chi connectivity index (χ0v) is 3.78. The minimum atomic E-state index is 0.803. The van der Waals surface area contributed by atoms with Crippen molar-refractivity contribution in [2.45, 2.75) is 6.92 Å². The highest BCUT2D eigenvalue weighted by Gasteiger charge is 1.62. The van der Waals surface area contributed by atoms with E-state index in [-0.39, 0.29) is 0 Å². The topological polar surface area (TPSA) is 26.0 Å². The summed E-state index contributed by atoms with van der Waals surface area (Å²) in [4.78, 5) is 0. The molecule has 0 saturated heterocycles. The average molecular weight is 81.1 g/mol. The highest BCUT2D eigenvalue weighted by Crippen LogP contribution is 1.75. The molecule has 0 aromatic rings. The van der Waals surface area contributed by atoms with Crippen molar-refractivity contribution in [3.05, 3.63) is 12.2 Å². The monoisotopic (exact) mass is 81.1 g/mol. The average Bonchev–Trinajstić information content (AvgIpc) is 1.35. The number of allylic oxidation sites excluding steroid dienone is 1. The van der Waals surface area contributed by atoms with E-state index in [1.807, 2.05) is 0 Å². The van der Waals surface area contributed by atoms with Gasteiger partial charge >= 0.3 is 0 Å². The van der Waals surface area contributed by atoms with Crippen LogP contribution in [-0.4, -0.2) is 0 Å². The third-order valence-corrected chi connectivity index (χ3v) is 0.286. The van der Waals surface area contributed by atoms with E-state index in [4.69, 9.17) is 5.73 Å². The molecular weight excluding hydrogens is 74.1 g/mol. The van der Waals surface area contributed by atoms with Gasteiger partial charge in [0.05, 0.1) is 0 Å². The third kappa shape index (κ3) is 3.10. The van der Waals surface area contributed by atoms with E-state index in [2.05, 4.69) is 18.5 Å². The first-order valence-electron chi connectivity index (χ1n) is 1.64. The number of hydrogen-bond donors (Lipinski definition) is 1. The second-order valence-electron chi connectivity index (χ2n) is 1.05. The van der Waals surface area contributed by atoms with Crippen molar-refractivity contribution < 1.29 is 0 Å². The summed E-state index contributed by atoms with van der Waals surface area (Å²) in [6, 6.07) is 2.22. The van der Waals surface area contributed by atoms with Crippen LogP contribution in [0.4, 0.5) is 0 Å². The molecule has 0 aromatic heterocycles. The highest BCUT2D eigenvalue weighted by molar-refractivity contribution is 5.21. The van der Waals surface area contributed by atoms with Crippen LogP contribution in [0, 0.1) is 12.0 Å². The largest absolute Gasteiger partial charge is 0.359 e. The van der Waals surface area contributed by atoms with Crippen LogP contribution in [0.25, 0.3) is 0 Å². The Hall–Kier alpha value is -0.900. The molecule has 0 bridgehead atoms. The van der Waals surface area contributed by atoms with E-state index >= 15 is 0 Å². The standard InChI is InChI=1S/C5H7N/c1-5(2)3-4-6/h1,6H2,2H3. The molecule has 0 aliphatic heterocycles. The fraction of sp³-hybridized carbons (Fsp3) is 0.200. The zero-order chi connectivity index (χ0) is 4.99. The van der Waals surface area contributed by atoms with Crippen LogP contribution in [0.3, 0.4) is 0 Å². The van der Waals surface area contributed by atoms with Crippen molar-refractivity contribution in [2.75, 3.05) is 0 Å². The lowest BCUT2D eigenvalue weighted by molar-refractivity contribution is 1.60. The Morgan fingerprint density at radius 3 is 2.33 bits per heavy atom. The summed E-state index contributed by atoms with van der Waals surface area (Å²) in [7, 11) is 0. The van der Waals surface area contributed by atoms with Crippen LogP contribution in [0.5, 0.6) is 0 Å². The summed E-state index contributed by atoms with van der Waals surface area (Å²) in [6.45, 7) is 5.30. The lowest BCUT2D eigenvalue weighted by atomic mass is 10.4. The fourth-order valence-electron chi connectivity index (χ4n) is 0.123. The van der Waals surface area contributed by atoms with Crippen molar-refractivity contribution in [1.29, 1.82) is 0 Å². The molecule has 6 heavy (non-hydrogen) atoms. The molecule has 0 fully saturated rings. The van der Waals surface area contributed by atoms with Crippen LogP contribution in [-0.2, 0) is 0 Å². The van der Waals surface area contributed by atoms with E-state index < -0.39 is 0 Å². The molecule has 1 heteroatoms. The van der Waals surface area contributed by atoms with Gasteiger partial charge in [-0.25, -0.2) is 0 Å². The van der Waals surface area contributed by atoms with E-state index in [0.29, 0.717) is 0 Å². The van der Waals surface area contributed by atoms with Gasteiger partial charge in [0.1, 0.15) is 0 Å². The molecule has 2 N–H and O–H groups in total. The van der Waals surface area contributed by atoms with Crippen molar-refractivity contribution in [3.63, 3.8) is 0 Å². The Morgan fingerprint density at radius 2 is 2.33 bits per heavy atom. The van der Waals surface area contributed by atoms with Gasteiger partial charge in [0, 0.05) is 6.04 Å². The van der Waals surface area contributed by atoms with E-state index in [1.54, 1.807) is 6.92 Å². The summed E-state index contributed by atoms with van der Waals surface area (Å²) in [5.74, 6) is 2.54. The second kappa shape index (κ2) is 2.34. The van der Waals surface area contributed by atoms with Crippen molar-refractivity contribution in [1.82, 2.24) is 0 Å². The normalized spacial score (nSPS) is 5.50. The smallest absolute Gasteiger partial charge is 0.00662 e. The van der Waals surface area contributed by atoms with E-state index in [1.165, 1.54) is 0 Å². The molecule has 0 heterocycles. The fourth-order valence-corrected chi connectivity index (χ4v) is 0.123. The molecular formula is C5H7N. The SMILES string of the molecule is C=C(C)C#CN. The van der Waals surface area contributed by atoms with Gasteiger partial charge in [-0.1, -0.05) is 6.58 Å². The first-order valence-corrected chi connectivity index (χ1v) is 1.64. The van der Waals surface area contributed by atoms with Crippen LogP contribution >= 0.6 is 0 Å². The Kier molecular flexibility index (Phi) is 1.99. The van der Waals surface area contributed by atoms with Crippen molar-refractivity contribution >= 4 is 0 Å². The molecule has 0 amide bonds. The van der Waals surface area contributed by atoms with Gasteiger partial charge in [0.25, 0.3) is 0 Å². The van der Waals surface area contributed by atoms with Gasteiger partial charge in [-0.2, -0.15) is 0 Å². The quantitative estimate of drug-likeness (QED) is 0.333. The molecule has 0 rings (SSSR count). The molecule has 32 valence electrons. The van der Waals surface area contributed by atoms with Crippen LogP contribution in [0.2, 0.25) is 0 Å². The molecule has 0 aliphatic carbocycles. The second-order valence-corrected chi connectivity index (χ2v) is 1.05. The third-order valence-electron chi connectivity index (χ3n) is 0.286. The molecule has 0 radical (unpaired) electrons. The molecule has 0 aliphatic rings. The Labute approximate surface area is 37.8 Å². The van der Waals surface area contributed by atoms with Gasteiger partial charge in [-0.15, -0.1) is 0 Å². The maximum absolute atomic E-state index is 4.81. The minimum absolute atomic E-state index is 0.803.